The average Bonchev–Trinajstić information content (AvgIpc) is 3.03. The first-order chi connectivity index (χ1) is 10.3. The molecule has 0 atom stereocenters. The smallest absolute Gasteiger partial charge is 0.237 e. The predicted octanol–water partition coefficient (Wildman–Crippen LogP) is 2.53. The Morgan fingerprint density at radius 2 is 1.67 bits per heavy atom. The van der Waals surface area contributed by atoms with Gasteiger partial charge in [0.15, 0.2) is 12.4 Å². The van der Waals surface area contributed by atoms with Gasteiger partial charge in [-0.1, -0.05) is 53.7 Å². The van der Waals surface area contributed by atoms with Crippen molar-refractivity contribution in [2.75, 3.05) is 6.61 Å². The summed E-state index contributed by atoms with van der Waals surface area (Å²) in [5.41, 5.74) is 1.45. The molecule has 0 saturated heterocycles. The van der Waals surface area contributed by atoms with Gasteiger partial charge in [-0.3, -0.25) is 4.79 Å². The van der Waals surface area contributed by atoms with Crippen molar-refractivity contribution in [3.8, 4) is 11.6 Å². The number of benzene rings is 2. The summed E-state index contributed by atoms with van der Waals surface area (Å²) in [5, 5.41) is 7.79. The molecule has 3 aromatic rings. The Balaban J connectivity index is 1.73. The fraction of sp³-hybridized carbons (Fsp3) is 0.0625. The van der Waals surface area contributed by atoms with Crippen LogP contribution in [0.5, 0.6) is 5.88 Å². The van der Waals surface area contributed by atoms with E-state index in [9.17, 15) is 4.79 Å². The lowest BCUT2D eigenvalue weighted by Crippen LogP contribution is -2.13. The van der Waals surface area contributed by atoms with Crippen molar-refractivity contribution in [1.82, 2.24) is 15.0 Å². The predicted molar refractivity (Wildman–Crippen MR) is 77.6 cm³/mol. The van der Waals surface area contributed by atoms with E-state index in [2.05, 4.69) is 10.3 Å². The minimum Gasteiger partial charge on any atom is -0.468 e. The van der Waals surface area contributed by atoms with Crippen molar-refractivity contribution < 1.29 is 9.53 Å². The second kappa shape index (κ2) is 6.00. The first-order valence-electron chi connectivity index (χ1n) is 6.52. The molecule has 0 aliphatic rings. The van der Waals surface area contributed by atoms with Crippen molar-refractivity contribution in [2.24, 2.45) is 0 Å². The van der Waals surface area contributed by atoms with Gasteiger partial charge in [-0.05, 0) is 12.1 Å². The first kappa shape index (κ1) is 13.1. The molecule has 0 aliphatic carbocycles. The molecule has 0 saturated carbocycles. The molecule has 0 fully saturated rings. The summed E-state index contributed by atoms with van der Waals surface area (Å²) in [4.78, 5) is 12.0. The van der Waals surface area contributed by atoms with Crippen LogP contribution in [0.2, 0.25) is 0 Å². The van der Waals surface area contributed by atoms with E-state index in [0.29, 0.717) is 11.4 Å². The van der Waals surface area contributed by atoms with Crippen LogP contribution in [-0.4, -0.2) is 27.4 Å². The Morgan fingerprint density at radius 3 is 2.38 bits per heavy atom. The highest BCUT2D eigenvalue weighted by molar-refractivity contribution is 5.97. The van der Waals surface area contributed by atoms with Crippen molar-refractivity contribution in [3.05, 3.63) is 72.4 Å². The number of ether oxygens (including phenoxy) is 1. The molecule has 5 heteroatoms. The highest BCUT2D eigenvalue weighted by atomic mass is 16.5. The molecular weight excluding hydrogens is 266 g/mol. The van der Waals surface area contributed by atoms with Gasteiger partial charge in [-0.25, -0.2) is 0 Å². The lowest BCUT2D eigenvalue weighted by molar-refractivity contribution is 0.0916. The van der Waals surface area contributed by atoms with Gasteiger partial charge in [0.2, 0.25) is 5.88 Å². The van der Waals surface area contributed by atoms with Crippen LogP contribution in [0.4, 0.5) is 0 Å². The summed E-state index contributed by atoms with van der Waals surface area (Å²) in [6.45, 7) is -0.0514. The highest BCUT2D eigenvalue weighted by Gasteiger charge is 2.10. The Hall–Kier alpha value is -2.95. The van der Waals surface area contributed by atoms with E-state index < -0.39 is 0 Å². The van der Waals surface area contributed by atoms with E-state index in [0.717, 1.165) is 5.69 Å². The van der Waals surface area contributed by atoms with Crippen molar-refractivity contribution in [1.29, 1.82) is 0 Å². The number of aromatic nitrogens is 3. The molecule has 2 aromatic carbocycles. The topological polar surface area (TPSA) is 57.0 Å². The van der Waals surface area contributed by atoms with Gasteiger partial charge in [-0.15, -0.1) is 5.10 Å². The van der Waals surface area contributed by atoms with E-state index >= 15 is 0 Å². The Morgan fingerprint density at radius 1 is 1.00 bits per heavy atom. The van der Waals surface area contributed by atoms with Crippen molar-refractivity contribution in [2.45, 2.75) is 0 Å². The maximum Gasteiger partial charge on any atom is 0.237 e. The summed E-state index contributed by atoms with van der Waals surface area (Å²) in [5.74, 6) is 0.349. The minimum atomic E-state index is -0.0867. The Bertz CT molecular complexity index is 724. The lowest BCUT2D eigenvalue weighted by atomic mass is 10.1. The highest BCUT2D eigenvalue weighted by Crippen LogP contribution is 2.15. The maximum absolute atomic E-state index is 12.0. The van der Waals surface area contributed by atoms with Crippen LogP contribution in [0.3, 0.4) is 0 Å². The third-order valence-electron chi connectivity index (χ3n) is 2.97. The Labute approximate surface area is 121 Å². The maximum atomic E-state index is 12.0. The number of carbonyl (C=O) groups excluding carboxylic acids is 1. The van der Waals surface area contributed by atoms with Gasteiger partial charge in [0.1, 0.15) is 6.20 Å². The van der Waals surface area contributed by atoms with Gasteiger partial charge in [0.05, 0.1) is 5.69 Å². The Kier molecular flexibility index (Phi) is 3.73. The van der Waals surface area contributed by atoms with Crippen LogP contribution in [0, 0.1) is 0 Å². The normalized spacial score (nSPS) is 10.3. The van der Waals surface area contributed by atoms with Crippen molar-refractivity contribution >= 4 is 5.78 Å². The number of Topliss-reactive ketones (excluding diaryl/α,β-unsaturated/α-hetero) is 1. The molecule has 0 unspecified atom stereocenters. The van der Waals surface area contributed by atoms with Gasteiger partial charge in [-0.2, -0.15) is 4.68 Å². The summed E-state index contributed by atoms with van der Waals surface area (Å²) in [6, 6.07) is 18.5. The SMILES string of the molecule is O=C(COc1cnnn1-c1ccccc1)c1ccccc1. The standard InChI is InChI=1S/C16H13N3O2/c20-15(13-7-3-1-4-8-13)12-21-16-11-17-18-19(16)14-9-5-2-6-10-14/h1-11H,12H2. The number of ketones is 1. The second-order valence-corrected chi connectivity index (χ2v) is 4.40. The molecule has 0 spiro atoms. The van der Waals surface area contributed by atoms with E-state index in [1.165, 1.54) is 6.20 Å². The second-order valence-electron chi connectivity index (χ2n) is 4.40. The minimum absolute atomic E-state index is 0.0514. The van der Waals surface area contributed by atoms with Crippen LogP contribution >= 0.6 is 0 Å². The molecule has 0 amide bonds. The molecule has 104 valence electrons. The fourth-order valence-electron chi connectivity index (χ4n) is 1.92. The van der Waals surface area contributed by atoms with Crippen LogP contribution < -0.4 is 4.74 Å². The van der Waals surface area contributed by atoms with Gasteiger partial charge >= 0.3 is 0 Å². The molecule has 5 nitrogen and oxygen atoms in total. The third kappa shape index (κ3) is 2.97. The number of hydrogen-bond acceptors (Lipinski definition) is 4. The zero-order valence-corrected chi connectivity index (χ0v) is 11.2. The van der Waals surface area contributed by atoms with Gasteiger partial charge in [0, 0.05) is 5.56 Å². The number of hydrogen-bond donors (Lipinski definition) is 0. The summed E-state index contributed by atoms with van der Waals surface area (Å²) < 4.78 is 7.09. The first-order valence-corrected chi connectivity index (χ1v) is 6.52. The molecule has 21 heavy (non-hydrogen) atoms. The van der Waals surface area contributed by atoms with Crippen LogP contribution in [0.25, 0.3) is 5.69 Å². The van der Waals surface area contributed by atoms with E-state index in [-0.39, 0.29) is 12.4 Å². The molecule has 0 radical (unpaired) electrons. The summed E-state index contributed by atoms with van der Waals surface area (Å²) >= 11 is 0. The summed E-state index contributed by atoms with van der Waals surface area (Å²) in [7, 11) is 0. The third-order valence-corrected chi connectivity index (χ3v) is 2.97. The van der Waals surface area contributed by atoms with E-state index in [1.807, 2.05) is 48.5 Å². The van der Waals surface area contributed by atoms with Gasteiger partial charge < -0.3 is 4.74 Å². The molecule has 0 aliphatic heterocycles. The van der Waals surface area contributed by atoms with Crippen molar-refractivity contribution in [3.63, 3.8) is 0 Å². The number of para-hydroxylation sites is 1. The summed E-state index contributed by atoms with van der Waals surface area (Å²) in [6.07, 6.45) is 1.49. The van der Waals surface area contributed by atoms with E-state index in [4.69, 9.17) is 4.74 Å². The monoisotopic (exact) mass is 279 g/mol. The molecular formula is C16H13N3O2. The number of carbonyl (C=O) groups is 1. The molecule has 1 heterocycles. The number of nitrogens with zero attached hydrogens (tertiary/aromatic N) is 3. The molecule has 0 N–H and O–H groups in total. The average molecular weight is 279 g/mol. The molecule has 0 bridgehead atoms. The van der Waals surface area contributed by atoms with Crippen LogP contribution in [0.1, 0.15) is 10.4 Å². The zero-order chi connectivity index (χ0) is 14.5. The van der Waals surface area contributed by atoms with Crippen LogP contribution in [0.15, 0.2) is 66.9 Å². The van der Waals surface area contributed by atoms with Gasteiger partial charge in [0.25, 0.3) is 0 Å². The largest absolute Gasteiger partial charge is 0.468 e. The zero-order valence-electron chi connectivity index (χ0n) is 11.2. The molecule has 3 rings (SSSR count). The fourth-order valence-corrected chi connectivity index (χ4v) is 1.92. The lowest BCUT2D eigenvalue weighted by Gasteiger charge is -2.07. The quantitative estimate of drug-likeness (QED) is 0.673. The van der Waals surface area contributed by atoms with Crippen LogP contribution in [-0.2, 0) is 0 Å². The van der Waals surface area contributed by atoms with E-state index in [1.54, 1.807) is 16.8 Å². The number of rotatable bonds is 5. The molecule has 1 aromatic heterocycles.